The van der Waals surface area contributed by atoms with E-state index < -0.39 is 5.54 Å². The van der Waals surface area contributed by atoms with Gasteiger partial charge in [0.2, 0.25) is 5.91 Å². The fourth-order valence-electron chi connectivity index (χ4n) is 2.21. The van der Waals surface area contributed by atoms with Crippen LogP contribution in [0.15, 0.2) is 24.3 Å². The van der Waals surface area contributed by atoms with Crippen molar-refractivity contribution in [2.75, 3.05) is 19.8 Å². The van der Waals surface area contributed by atoms with Crippen LogP contribution in [0.1, 0.15) is 24.0 Å². The van der Waals surface area contributed by atoms with Crippen molar-refractivity contribution in [3.8, 4) is 0 Å². The molecule has 0 aromatic heterocycles. The molecule has 112 valence electrons. The summed E-state index contributed by atoms with van der Waals surface area (Å²) in [4.78, 5) is 12.1. The molecular weight excluding hydrogens is 276 g/mol. The Hall–Kier alpha value is -1.10. The van der Waals surface area contributed by atoms with E-state index in [1.807, 2.05) is 0 Å². The number of carbonyl (C=O) groups is 1. The lowest BCUT2D eigenvalue weighted by atomic mass is 9.90. The van der Waals surface area contributed by atoms with Gasteiger partial charge in [-0.15, -0.1) is 12.4 Å². The number of ether oxygens (including phenoxy) is 1. The van der Waals surface area contributed by atoms with Gasteiger partial charge in [0, 0.05) is 19.8 Å². The van der Waals surface area contributed by atoms with Gasteiger partial charge < -0.3 is 15.8 Å². The first kappa shape index (κ1) is 17.0. The number of benzene rings is 1. The summed E-state index contributed by atoms with van der Waals surface area (Å²) < 4.78 is 5.24. The second-order valence-corrected chi connectivity index (χ2v) is 5.26. The standard InChI is InChI=1S/C15H22N2O2.ClH/c1-12-2-4-13(5-3-12)6-9-17-14(18)15(16)7-10-19-11-8-15;/h2-5H,6-11,16H2,1H3,(H,17,18);1H. The van der Waals surface area contributed by atoms with Gasteiger partial charge in [-0.25, -0.2) is 0 Å². The smallest absolute Gasteiger partial charge is 0.240 e. The number of rotatable bonds is 4. The molecule has 0 bridgehead atoms. The van der Waals surface area contributed by atoms with Crippen LogP contribution >= 0.6 is 12.4 Å². The van der Waals surface area contributed by atoms with E-state index in [0.29, 0.717) is 32.6 Å². The van der Waals surface area contributed by atoms with Gasteiger partial charge in [0.05, 0.1) is 5.54 Å². The molecule has 0 saturated carbocycles. The Kier molecular flexibility index (Phi) is 6.46. The Morgan fingerprint density at radius 3 is 2.50 bits per heavy atom. The first-order chi connectivity index (χ1) is 9.10. The van der Waals surface area contributed by atoms with E-state index in [1.54, 1.807) is 0 Å². The minimum Gasteiger partial charge on any atom is -0.381 e. The lowest BCUT2D eigenvalue weighted by molar-refractivity contribution is -0.129. The minimum absolute atomic E-state index is 0. The molecule has 0 unspecified atom stereocenters. The summed E-state index contributed by atoms with van der Waals surface area (Å²) in [6.07, 6.45) is 2.03. The fourth-order valence-corrected chi connectivity index (χ4v) is 2.21. The normalized spacial score (nSPS) is 17.1. The fraction of sp³-hybridized carbons (Fsp3) is 0.533. The maximum absolute atomic E-state index is 12.1. The lowest BCUT2D eigenvalue weighted by Gasteiger charge is -2.31. The summed E-state index contributed by atoms with van der Waals surface area (Å²) in [5.74, 6) is -0.0529. The average Bonchev–Trinajstić information content (AvgIpc) is 2.42. The van der Waals surface area contributed by atoms with Crippen LogP contribution in [0, 0.1) is 6.92 Å². The molecular formula is C15H23ClN2O2. The minimum atomic E-state index is -0.745. The van der Waals surface area contributed by atoms with Gasteiger partial charge in [0.15, 0.2) is 0 Å². The zero-order valence-corrected chi connectivity index (χ0v) is 12.7. The molecule has 1 aliphatic heterocycles. The van der Waals surface area contributed by atoms with Gasteiger partial charge in [-0.1, -0.05) is 29.8 Å². The molecule has 4 nitrogen and oxygen atoms in total. The molecule has 1 aliphatic rings. The molecule has 1 aromatic rings. The largest absolute Gasteiger partial charge is 0.381 e. The van der Waals surface area contributed by atoms with Gasteiger partial charge >= 0.3 is 0 Å². The summed E-state index contributed by atoms with van der Waals surface area (Å²) >= 11 is 0. The Labute approximate surface area is 126 Å². The Balaban J connectivity index is 0.00000200. The van der Waals surface area contributed by atoms with Crippen LogP contribution in [-0.2, 0) is 16.0 Å². The van der Waals surface area contributed by atoms with Crippen molar-refractivity contribution in [3.63, 3.8) is 0 Å². The third-order valence-electron chi connectivity index (χ3n) is 3.66. The van der Waals surface area contributed by atoms with E-state index in [0.717, 1.165) is 6.42 Å². The summed E-state index contributed by atoms with van der Waals surface area (Å²) in [5, 5.41) is 2.94. The number of halogens is 1. The van der Waals surface area contributed by atoms with E-state index in [2.05, 4.69) is 36.5 Å². The number of aryl methyl sites for hydroxylation is 1. The molecule has 0 spiro atoms. The van der Waals surface area contributed by atoms with Gasteiger partial charge in [-0.3, -0.25) is 4.79 Å². The molecule has 0 atom stereocenters. The molecule has 5 heteroatoms. The number of hydrogen-bond acceptors (Lipinski definition) is 3. The predicted molar refractivity (Wildman–Crippen MR) is 82.1 cm³/mol. The highest BCUT2D eigenvalue weighted by molar-refractivity contribution is 5.86. The van der Waals surface area contributed by atoms with Crippen molar-refractivity contribution in [1.82, 2.24) is 5.32 Å². The molecule has 1 saturated heterocycles. The third-order valence-corrected chi connectivity index (χ3v) is 3.66. The zero-order chi connectivity index (χ0) is 13.7. The van der Waals surface area contributed by atoms with Crippen LogP contribution < -0.4 is 11.1 Å². The Bertz CT molecular complexity index is 428. The van der Waals surface area contributed by atoms with Gasteiger partial charge in [-0.05, 0) is 31.7 Å². The quantitative estimate of drug-likeness (QED) is 0.887. The van der Waals surface area contributed by atoms with Crippen molar-refractivity contribution in [2.45, 2.75) is 31.7 Å². The van der Waals surface area contributed by atoms with Crippen LogP contribution in [0.3, 0.4) is 0 Å². The highest BCUT2D eigenvalue weighted by Gasteiger charge is 2.35. The number of hydrogen-bond donors (Lipinski definition) is 2. The number of amides is 1. The van der Waals surface area contributed by atoms with E-state index in [1.165, 1.54) is 11.1 Å². The molecule has 20 heavy (non-hydrogen) atoms. The second kappa shape index (κ2) is 7.62. The van der Waals surface area contributed by atoms with Crippen LogP contribution in [0.25, 0.3) is 0 Å². The molecule has 1 fully saturated rings. The third kappa shape index (κ3) is 4.47. The van der Waals surface area contributed by atoms with Crippen molar-refractivity contribution in [3.05, 3.63) is 35.4 Å². The first-order valence-electron chi connectivity index (χ1n) is 6.81. The lowest BCUT2D eigenvalue weighted by Crippen LogP contribution is -2.57. The molecule has 3 N–H and O–H groups in total. The Morgan fingerprint density at radius 2 is 1.90 bits per heavy atom. The number of nitrogens with one attached hydrogen (secondary N) is 1. The van der Waals surface area contributed by atoms with Crippen molar-refractivity contribution in [2.24, 2.45) is 5.73 Å². The topological polar surface area (TPSA) is 64.4 Å². The first-order valence-corrected chi connectivity index (χ1v) is 6.81. The zero-order valence-electron chi connectivity index (χ0n) is 11.9. The average molecular weight is 299 g/mol. The van der Waals surface area contributed by atoms with Crippen molar-refractivity contribution in [1.29, 1.82) is 0 Å². The van der Waals surface area contributed by atoms with Gasteiger partial charge in [-0.2, -0.15) is 0 Å². The van der Waals surface area contributed by atoms with Crippen LogP contribution in [-0.4, -0.2) is 31.2 Å². The number of nitrogens with two attached hydrogens (primary N) is 1. The van der Waals surface area contributed by atoms with Crippen LogP contribution in [0.5, 0.6) is 0 Å². The summed E-state index contributed by atoms with van der Waals surface area (Å²) in [6.45, 7) is 3.83. The van der Waals surface area contributed by atoms with Crippen LogP contribution in [0.2, 0.25) is 0 Å². The number of carbonyl (C=O) groups excluding carboxylic acids is 1. The van der Waals surface area contributed by atoms with Crippen molar-refractivity contribution >= 4 is 18.3 Å². The highest BCUT2D eigenvalue weighted by Crippen LogP contribution is 2.17. The summed E-state index contributed by atoms with van der Waals surface area (Å²) in [7, 11) is 0. The second-order valence-electron chi connectivity index (χ2n) is 5.26. The van der Waals surface area contributed by atoms with E-state index in [4.69, 9.17) is 10.5 Å². The SMILES string of the molecule is Cc1ccc(CCNC(=O)C2(N)CCOCC2)cc1.Cl. The van der Waals surface area contributed by atoms with Gasteiger partial charge in [0.25, 0.3) is 0 Å². The molecule has 2 rings (SSSR count). The Morgan fingerprint density at radius 1 is 1.30 bits per heavy atom. The van der Waals surface area contributed by atoms with E-state index in [9.17, 15) is 4.79 Å². The molecule has 1 aromatic carbocycles. The summed E-state index contributed by atoms with van der Waals surface area (Å²) in [6, 6.07) is 8.35. The van der Waals surface area contributed by atoms with E-state index in [-0.39, 0.29) is 18.3 Å². The molecule has 0 radical (unpaired) electrons. The molecule has 1 heterocycles. The monoisotopic (exact) mass is 298 g/mol. The maximum atomic E-state index is 12.1. The summed E-state index contributed by atoms with van der Waals surface area (Å²) in [5.41, 5.74) is 7.84. The van der Waals surface area contributed by atoms with Crippen molar-refractivity contribution < 1.29 is 9.53 Å². The van der Waals surface area contributed by atoms with Crippen LogP contribution in [0.4, 0.5) is 0 Å². The van der Waals surface area contributed by atoms with Gasteiger partial charge in [0.1, 0.15) is 0 Å². The van der Waals surface area contributed by atoms with E-state index >= 15 is 0 Å². The molecule has 1 amide bonds. The molecule has 0 aliphatic carbocycles. The predicted octanol–water partition coefficient (Wildman–Crippen LogP) is 1.58. The highest BCUT2D eigenvalue weighted by atomic mass is 35.5. The maximum Gasteiger partial charge on any atom is 0.240 e.